The minimum atomic E-state index is 0.0625. The first-order valence-electron chi connectivity index (χ1n) is 7.00. The molecule has 114 valence electrons. The third-order valence-electron chi connectivity index (χ3n) is 3.57. The molecule has 0 fully saturated rings. The Kier molecular flexibility index (Phi) is 5.20. The Labute approximate surface area is 130 Å². The minimum absolute atomic E-state index is 0.0625. The van der Waals surface area contributed by atoms with E-state index in [9.17, 15) is 0 Å². The molecule has 2 aromatic heterocycles. The van der Waals surface area contributed by atoms with Gasteiger partial charge in [0.1, 0.15) is 0 Å². The van der Waals surface area contributed by atoms with Gasteiger partial charge >= 0.3 is 0 Å². The maximum absolute atomic E-state index is 6.40. The number of hydrogen-bond donors (Lipinski definition) is 1. The maximum atomic E-state index is 6.40. The van der Waals surface area contributed by atoms with E-state index in [2.05, 4.69) is 22.3 Å². The van der Waals surface area contributed by atoms with Crippen LogP contribution in [0.1, 0.15) is 29.9 Å². The molecular formula is C15H21ClN4O. The van der Waals surface area contributed by atoms with E-state index in [4.69, 9.17) is 16.3 Å². The van der Waals surface area contributed by atoms with Gasteiger partial charge in [0.15, 0.2) is 0 Å². The van der Waals surface area contributed by atoms with E-state index < -0.39 is 0 Å². The number of halogens is 1. The summed E-state index contributed by atoms with van der Waals surface area (Å²) in [7, 11) is 3.55. The first-order chi connectivity index (χ1) is 10.1. The van der Waals surface area contributed by atoms with Crippen LogP contribution in [0.25, 0.3) is 0 Å². The van der Waals surface area contributed by atoms with Crippen molar-refractivity contribution in [2.75, 3.05) is 14.2 Å². The lowest BCUT2D eigenvalue weighted by Crippen LogP contribution is -2.21. The number of nitrogens with one attached hydrogen (secondary N) is 1. The summed E-state index contributed by atoms with van der Waals surface area (Å²) in [6, 6.07) is 3.99. The van der Waals surface area contributed by atoms with Crippen molar-refractivity contribution in [3.8, 4) is 5.88 Å². The molecule has 0 amide bonds. The second-order valence-corrected chi connectivity index (χ2v) is 5.19. The van der Waals surface area contributed by atoms with Crippen LogP contribution in [0.3, 0.4) is 0 Å². The first-order valence-corrected chi connectivity index (χ1v) is 7.38. The normalized spacial score (nSPS) is 12.4. The summed E-state index contributed by atoms with van der Waals surface area (Å²) >= 11 is 6.40. The van der Waals surface area contributed by atoms with Gasteiger partial charge in [0.05, 0.1) is 23.5 Å². The zero-order chi connectivity index (χ0) is 15.4. The van der Waals surface area contributed by atoms with Crippen molar-refractivity contribution in [2.45, 2.75) is 32.9 Å². The third kappa shape index (κ3) is 3.19. The van der Waals surface area contributed by atoms with Gasteiger partial charge in [0, 0.05) is 30.8 Å². The van der Waals surface area contributed by atoms with Gasteiger partial charge in [0.25, 0.3) is 0 Å². The summed E-state index contributed by atoms with van der Waals surface area (Å²) in [4.78, 5) is 4.26. The Morgan fingerprint density at radius 3 is 2.86 bits per heavy atom. The van der Waals surface area contributed by atoms with E-state index in [0.29, 0.717) is 5.88 Å². The smallest absolute Gasteiger partial charge is 0.217 e. The molecule has 2 rings (SSSR count). The first kappa shape index (κ1) is 15.8. The van der Waals surface area contributed by atoms with Crippen LogP contribution in [0, 0.1) is 6.92 Å². The molecule has 0 aromatic carbocycles. The maximum Gasteiger partial charge on any atom is 0.217 e. The number of hydrogen-bond acceptors (Lipinski definition) is 4. The molecule has 0 radical (unpaired) electrons. The van der Waals surface area contributed by atoms with Gasteiger partial charge in [-0.25, -0.2) is 4.98 Å². The highest BCUT2D eigenvalue weighted by atomic mass is 35.5. The molecule has 2 aromatic rings. The number of likely N-dealkylation sites (N-methyl/N-ethyl adjacent to an activating group) is 1. The van der Waals surface area contributed by atoms with Gasteiger partial charge in [0.2, 0.25) is 5.88 Å². The van der Waals surface area contributed by atoms with Gasteiger partial charge in [-0.3, -0.25) is 4.68 Å². The van der Waals surface area contributed by atoms with Crippen molar-refractivity contribution in [1.29, 1.82) is 0 Å². The second kappa shape index (κ2) is 6.91. The third-order valence-corrected chi connectivity index (χ3v) is 4.06. The van der Waals surface area contributed by atoms with Crippen molar-refractivity contribution >= 4 is 11.6 Å². The Morgan fingerprint density at radius 2 is 2.24 bits per heavy atom. The van der Waals surface area contributed by atoms with Crippen LogP contribution in [-0.2, 0) is 13.0 Å². The lowest BCUT2D eigenvalue weighted by Gasteiger charge is -2.19. The Bertz CT molecular complexity index is 612. The molecule has 0 aliphatic carbocycles. The summed E-state index contributed by atoms with van der Waals surface area (Å²) < 4.78 is 7.30. The summed E-state index contributed by atoms with van der Waals surface area (Å²) in [6.07, 6.45) is 2.45. The molecule has 1 atom stereocenters. The highest BCUT2D eigenvalue weighted by Crippen LogP contribution is 2.29. The Balaban J connectivity index is 2.36. The molecule has 5 nitrogen and oxygen atoms in total. The van der Waals surface area contributed by atoms with Crippen molar-refractivity contribution in [1.82, 2.24) is 20.1 Å². The number of pyridine rings is 1. The summed E-state index contributed by atoms with van der Waals surface area (Å²) in [6.45, 7) is 4.78. The van der Waals surface area contributed by atoms with Gasteiger partial charge in [-0.15, -0.1) is 0 Å². The van der Waals surface area contributed by atoms with Crippen LogP contribution in [0.2, 0.25) is 5.02 Å². The summed E-state index contributed by atoms with van der Waals surface area (Å²) in [5, 5.41) is 8.51. The Hall–Kier alpha value is -1.59. The van der Waals surface area contributed by atoms with Crippen molar-refractivity contribution in [2.24, 2.45) is 0 Å². The largest absolute Gasteiger partial charge is 0.481 e. The van der Waals surface area contributed by atoms with Gasteiger partial charge in [-0.2, -0.15) is 5.10 Å². The fourth-order valence-electron chi connectivity index (χ4n) is 2.46. The molecule has 1 N–H and O–H groups in total. The predicted molar refractivity (Wildman–Crippen MR) is 83.9 cm³/mol. The van der Waals surface area contributed by atoms with Crippen LogP contribution < -0.4 is 10.1 Å². The van der Waals surface area contributed by atoms with Gasteiger partial charge in [-0.05, 0) is 27.0 Å². The molecule has 0 saturated carbocycles. The summed E-state index contributed by atoms with van der Waals surface area (Å²) in [5.74, 6) is 0.632. The molecule has 21 heavy (non-hydrogen) atoms. The highest BCUT2D eigenvalue weighted by Gasteiger charge is 2.21. The fourth-order valence-corrected chi connectivity index (χ4v) is 2.68. The lowest BCUT2D eigenvalue weighted by atomic mass is 10.0. The predicted octanol–water partition coefficient (Wildman–Crippen LogP) is 2.77. The van der Waals surface area contributed by atoms with Crippen molar-refractivity contribution < 1.29 is 4.74 Å². The van der Waals surface area contributed by atoms with E-state index in [1.165, 1.54) is 0 Å². The molecule has 0 saturated heterocycles. The topological polar surface area (TPSA) is 52.0 Å². The molecule has 0 bridgehead atoms. The number of nitrogens with zero attached hydrogens (tertiary/aromatic N) is 3. The van der Waals surface area contributed by atoms with E-state index >= 15 is 0 Å². The summed E-state index contributed by atoms with van der Waals surface area (Å²) in [5.41, 5.74) is 2.91. The van der Waals surface area contributed by atoms with E-state index in [0.717, 1.165) is 34.9 Å². The van der Waals surface area contributed by atoms with Crippen LogP contribution >= 0.6 is 11.6 Å². The van der Waals surface area contributed by atoms with Crippen molar-refractivity contribution in [3.05, 3.63) is 40.3 Å². The molecule has 0 aliphatic heterocycles. The van der Waals surface area contributed by atoms with Crippen molar-refractivity contribution in [3.63, 3.8) is 0 Å². The monoisotopic (exact) mass is 308 g/mol. The Morgan fingerprint density at radius 1 is 1.48 bits per heavy atom. The highest BCUT2D eigenvalue weighted by molar-refractivity contribution is 6.31. The minimum Gasteiger partial charge on any atom is -0.481 e. The van der Waals surface area contributed by atoms with E-state index in [1.807, 2.05) is 30.8 Å². The van der Waals surface area contributed by atoms with Crippen LogP contribution in [0.15, 0.2) is 18.3 Å². The van der Waals surface area contributed by atoms with Crippen LogP contribution in [-0.4, -0.2) is 28.9 Å². The van der Waals surface area contributed by atoms with E-state index in [1.54, 1.807) is 13.3 Å². The number of rotatable bonds is 6. The average Bonchev–Trinajstić information content (AvgIpc) is 2.79. The molecular weight excluding hydrogens is 288 g/mol. The lowest BCUT2D eigenvalue weighted by molar-refractivity contribution is 0.383. The number of aryl methyl sites for hydroxylation is 2. The number of methoxy groups -OCH3 is 1. The van der Waals surface area contributed by atoms with Crippen LogP contribution in [0.4, 0.5) is 0 Å². The molecule has 0 aliphatic rings. The SMILES string of the molecule is CCn1nc(C)c(Cl)c1CC(NC)c1cccnc1OC. The average molecular weight is 309 g/mol. The zero-order valence-corrected chi connectivity index (χ0v) is 13.6. The van der Waals surface area contributed by atoms with Crippen LogP contribution in [0.5, 0.6) is 5.88 Å². The molecule has 2 heterocycles. The fraction of sp³-hybridized carbons (Fsp3) is 0.467. The standard InChI is InChI=1S/C15H21ClN4O/c1-5-20-13(14(16)10(2)19-20)9-12(17-3)11-7-6-8-18-15(11)21-4/h6-8,12,17H,5,9H2,1-4H3. The molecule has 0 spiro atoms. The number of aromatic nitrogens is 3. The zero-order valence-electron chi connectivity index (χ0n) is 12.9. The second-order valence-electron chi connectivity index (χ2n) is 4.81. The molecule has 6 heteroatoms. The van der Waals surface area contributed by atoms with E-state index in [-0.39, 0.29) is 6.04 Å². The number of ether oxygens (including phenoxy) is 1. The quantitative estimate of drug-likeness (QED) is 0.891. The van der Waals surface area contributed by atoms with Gasteiger partial charge in [-0.1, -0.05) is 17.7 Å². The van der Waals surface area contributed by atoms with Gasteiger partial charge < -0.3 is 10.1 Å². The molecule has 1 unspecified atom stereocenters.